The molecule has 3 heterocycles. The first kappa shape index (κ1) is 19.0. The lowest BCUT2D eigenvalue weighted by molar-refractivity contribution is 0.0954. The van der Waals surface area contributed by atoms with Crippen molar-refractivity contribution >= 4 is 28.8 Å². The SMILES string of the molecule is O=C(NCc1cc(=O)n(-c2ccc(-n3ccccc3=O)cc2)[nH]1)c1ccc(Cl)s1. The molecule has 2 N–H and O–H groups in total. The number of aromatic amines is 1. The fourth-order valence-electron chi connectivity index (χ4n) is 2.83. The molecule has 4 aromatic rings. The highest BCUT2D eigenvalue weighted by Gasteiger charge is 2.10. The Morgan fingerprint density at radius 2 is 1.76 bits per heavy atom. The van der Waals surface area contributed by atoms with Gasteiger partial charge in [0.1, 0.15) is 0 Å². The van der Waals surface area contributed by atoms with Crippen molar-refractivity contribution in [1.29, 1.82) is 0 Å². The lowest BCUT2D eigenvalue weighted by Gasteiger charge is -2.07. The van der Waals surface area contributed by atoms with Crippen molar-refractivity contribution in [2.24, 2.45) is 0 Å². The Kier molecular flexibility index (Phi) is 5.20. The molecule has 0 saturated carbocycles. The number of thiophene rings is 1. The normalized spacial score (nSPS) is 10.8. The van der Waals surface area contributed by atoms with Crippen LogP contribution in [0.3, 0.4) is 0 Å². The van der Waals surface area contributed by atoms with Crippen LogP contribution in [0, 0.1) is 0 Å². The summed E-state index contributed by atoms with van der Waals surface area (Å²) in [6.45, 7) is 0.175. The zero-order chi connectivity index (χ0) is 20.4. The van der Waals surface area contributed by atoms with Crippen LogP contribution in [0.1, 0.15) is 15.4 Å². The van der Waals surface area contributed by atoms with E-state index in [0.29, 0.717) is 26.3 Å². The van der Waals surface area contributed by atoms with E-state index < -0.39 is 0 Å². The van der Waals surface area contributed by atoms with E-state index in [1.165, 1.54) is 32.7 Å². The van der Waals surface area contributed by atoms with Gasteiger partial charge in [0, 0.05) is 24.0 Å². The van der Waals surface area contributed by atoms with Crippen molar-refractivity contribution in [2.75, 3.05) is 0 Å². The molecule has 29 heavy (non-hydrogen) atoms. The molecule has 0 aliphatic heterocycles. The molecule has 0 unspecified atom stereocenters. The quantitative estimate of drug-likeness (QED) is 0.514. The van der Waals surface area contributed by atoms with Crippen LogP contribution in [0.25, 0.3) is 11.4 Å². The minimum Gasteiger partial charge on any atom is -0.346 e. The lowest BCUT2D eigenvalue weighted by Crippen LogP contribution is -2.22. The van der Waals surface area contributed by atoms with E-state index in [1.807, 2.05) is 0 Å². The first-order valence-electron chi connectivity index (χ1n) is 8.64. The van der Waals surface area contributed by atoms with E-state index in [-0.39, 0.29) is 23.6 Å². The zero-order valence-electron chi connectivity index (χ0n) is 15.0. The number of carbonyl (C=O) groups excluding carboxylic acids is 1. The van der Waals surface area contributed by atoms with Gasteiger partial charge in [-0.3, -0.25) is 24.0 Å². The highest BCUT2D eigenvalue weighted by Crippen LogP contribution is 2.21. The summed E-state index contributed by atoms with van der Waals surface area (Å²) >= 11 is 7.03. The number of halogens is 1. The smallest absolute Gasteiger partial charge is 0.271 e. The molecule has 4 rings (SSSR count). The first-order chi connectivity index (χ1) is 14.0. The molecular formula is C20H15ClN4O3S. The number of pyridine rings is 1. The molecule has 0 fully saturated rings. The number of amides is 1. The van der Waals surface area contributed by atoms with Crippen molar-refractivity contribution < 1.29 is 4.79 Å². The summed E-state index contributed by atoms with van der Waals surface area (Å²) in [5.74, 6) is -0.256. The van der Waals surface area contributed by atoms with Crippen molar-refractivity contribution in [3.63, 3.8) is 0 Å². The van der Waals surface area contributed by atoms with Crippen molar-refractivity contribution in [3.05, 3.63) is 102 Å². The molecule has 0 spiro atoms. The predicted octanol–water partition coefficient (Wildman–Crippen LogP) is 2.96. The summed E-state index contributed by atoms with van der Waals surface area (Å²) in [4.78, 5) is 36.8. The van der Waals surface area contributed by atoms with Gasteiger partial charge in [-0.25, -0.2) is 4.68 Å². The molecule has 146 valence electrons. The summed E-state index contributed by atoms with van der Waals surface area (Å²) in [5.41, 5.74) is 1.49. The number of nitrogens with one attached hydrogen (secondary N) is 2. The van der Waals surface area contributed by atoms with Crippen LogP contribution in [0.5, 0.6) is 0 Å². The minimum atomic E-state index is -0.256. The number of carbonyl (C=O) groups is 1. The molecule has 0 aliphatic rings. The number of hydrogen-bond acceptors (Lipinski definition) is 4. The van der Waals surface area contributed by atoms with Gasteiger partial charge in [0.15, 0.2) is 0 Å². The van der Waals surface area contributed by atoms with Crippen molar-refractivity contribution in [3.8, 4) is 11.4 Å². The third-order valence-electron chi connectivity index (χ3n) is 4.22. The van der Waals surface area contributed by atoms with Gasteiger partial charge < -0.3 is 5.32 Å². The van der Waals surface area contributed by atoms with Gasteiger partial charge in [-0.15, -0.1) is 11.3 Å². The van der Waals surface area contributed by atoms with Gasteiger partial charge in [0.2, 0.25) is 0 Å². The summed E-state index contributed by atoms with van der Waals surface area (Å²) in [7, 11) is 0. The van der Waals surface area contributed by atoms with E-state index in [2.05, 4.69) is 10.4 Å². The molecule has 0 bridgehead atoms. The standard InChI is InChI=1S/C20H15ClN4O3S/c21-17-9-8-16(29-17)20(28)22-12-13-11-19(27)25(23-13)15-6-4-14(5-7-15)24-10-2-1-3-18(24)26/h1-11,23H,12H2,(H,22,28). The maximum absolute atomic E-state index is 12.3. The Bertz CT molecular complexity index is 1280. The Balaban J connectivity index is 1.50. The van der Waals surface area contributed by atoms with Gasteiger partial charge in [-0.05, 0) is 42.5 Å². The van der Waals surface area contributed by atoms with Crippen molar-refractivity contribution in [1.82, 2.24) is 19.7 Å². The van der Waals surface area contributed by atoms with E-state index in [9.17, 15) is 14.4 Å². The minimum absolute atomic E-state index is 0.137. The number of nitrogens with zero attached hydrogens (tertiary/aromatic N) is 2. The second kappa shape index (κ2) is 7.94. The number of benzene rings is 1. The Morgan fingerprint density at radius 3 is 2.45 bits per heavy atom. The Morgan fingerprint density at radius 1 is 1.00 bits per heavy atom. The third-order valence-corrected chi connectivity index (χ3v) is 5.45. The largest absolute Gasteiger partial charge is 0.346 e. The zero-order valence-corrected chi connectivity index (χ0v) is 16.5. The van der Waals surface area contributed by atoms with Gasteiger partial charge in [0.25, 0.3) is 17.0 Å². The number of aromatic nitrogens is 3. The lowest BCUT2D eigenvalue weighted by atomic mass is 10.2. The second-order valence-corrected chi connectivity index (χ2v) is 7.88. The van der Waals surface area contributed by atoms with E-state index in [1.54, 1.807) is 54.7 Å². The van der Waals surface area contributed by atoms with Crippen LogP contribution < -0.4 is 16.4 Å². The highest BCUT2D eigenvalue weighted by molar-refractivity contribution is 7.17. The monoisotopic (exact) mass is 426 g/mol. The first-order valence-corrected chi connectivity index (χ1v) is 9.84. The van der Waals surface area contributed by atoms with E-state index in [4.69, 9.17) is 11.6 Å². The van der Waals surface area contributed by atoms with Crippen LogP contribution in [0.4, 0.5) is 0 Å². The Labute approximate surface area is 173 Å². The molecule has 0 aliphatic carbocycles. The van der Waals surface area contributed by atoms with Gasteiger partial charge in [-0.1, -0.05) is 17.7 Å². The second-order valence-electron chi connectivity index (χ2n) is 6.17. The maximum atomic E-state index is 12.3. The van der Waals surface area contributed by atoms with Crippen LogP contribution in [0.2, 0.25) is 4.34 Å². The van der Waals surface area contributed by atoms with Crippen LogP contribution >= 0.6 is 22.9 Å². The van der Waals surface area contributed by atoms with Crippen LogP contribution in [-0.2, 0) is 6.54 Å². The maximum Gasteiger partial charge on any atom is 0.271 e. The molecule has 0 radical (unpaired) electrons. The topological polar surface area (TPSA) is 88.9 Å². The summed E-state index contributed by atoms with van der Waals surface area (Å²) in [6.07, 6.45) is 1.68. The number of hydrogen-bond donors (Lipinski definition) is 2. The predicted molar refractivity (Wildman–Crippen MR) is 112 cm³/mol. The van der Waals surface area contributed by atoms with Crippen LogP contribution in [0.15, 0.2) is 76.4 Å². The van der Waals surface area contributed by atoms with Crippen LogP contribution in [-0.4, -0.2) is 20.3 Å². The molecular weight excluding hydrogens is 412 g/mol. The molecule has 0 atom stereocenters. The van der Waals surface area contributed by atoms with Crippen molar-refractivity contribution in [2.45, 2.75) is 6.54 Å². The average molecular weight is 427 g/mol. The highest BCUT2D eigenvalue weighted by atomic mass is 35.5. The fraction of sp³-hybridized carbons (Fsp3) is 0.0500. The average Bonchev–Trinajstić information content (AvgIpc) is 3.32. The van der Waals surface area contributed by atoms with Gasteiger partial charge in [0.05, 0.1) is 27.1 Å². The summed E-state index contributed by atoms with van der Waals surface area (Å²) in [6, 6.07) is 16.7. The van der Waals surface area contributed by atoms with Gasteiger partial charge in [-0.2, -0.15) is 0 Å². The number of rotatable bonds is 5. The van der Waals surface area contributed by atoms with E-state index in [0.717, 1.165) is 0 Å². The summed E-state index contributed by atoms with van der Waals surface area (Å²) < 4.78 is 3.43. The summed E-state index contributed by atoms with van der Waals surface area (Å²) in [5, 5.41) is 5.73. The molecule has 3 aromatic heterocycles. The van der Waals surface area contributed by atoms with E-state index >= 15 is 0 Å². The fourth-order valence-corrected chi connectivity index (χ4v) is 3.79. The molecule has 1 aromatic carbocycles. The van der Waals surface area contributed by atoms with Gasteiger partial charge >= 0.3 is 0 Å². The number of H-pyrrole nitrogens is 1. The molecule has 1 amide bonds. The Hall–Kier alpha value is -3.36. The molecule has 0 saturated heterocycles. The molecule has 9 heteroatoms. The molecule has 7 nitrogen and oxygen atoms in total. The third kappa shape index (κ3) is 4.08.